The van der Waals surface area contributed by atoms with Crippen LogP contribution < -0.4 is 0 Å². The van der Waals surface area contributed by atoms with Crippen LogP contribution in [0.25, 0.3) is 4.85 Å². The standard InChI is InChI=1S/C13H19ClN2OSi/c1-13(2,3)18(5,6)17-9-10-7-8-11(14)12(15-4)16-10/h7-8H,9H2,1-3,5-6H3. The molecule has 98 valence electrons. The monoisotopic (exact) mass is 282 g/mol. The van der Waals surface area contributed by atoms with Gasteiger partial charge in [-0.1, -0.05) is 38.9 Å². The van der Waals surface area contributed by atoms with Crippen molar-refractivity contribution in [2.45, 2.75) is 45.5 Å². The smallest absolute Gasteiger partial charge is 0.288 e. The Morgan fingerprint density at radius 1 is 1.39 bits per heavy atom. The summed E-state index contributed by atoms with van der Waals surface area (Å²) < 4.78 is 6.05. The lowest BCUT2D eigenvalue weighted by Crippen LogP contribution is -2.40. The Morgan fingerprint density at radius 2 is 2.00 bits per heavy atom. The van der Waals surface area contributed by atoms with E-state index in [1.165, 1.54) is 0 Å². The number of hydrogen-bond donors (Lipinski definition) is 0. The third-order valence-corrected chi connectivity index (χ3v) is 8.15. The van der Waals surface area contributed by atoms with Gasteiger partial charge >= 0.3 is 0 Å². The van der Waals surface area contributed by atoms with Crippen molar-refractivity contribution in [2.75, 3.05) is 0 Å². The van der Waals surface area contributed by atoms with Gasteiger partial charge in [0.1, 0.15) is 0 Å². The highest BCUT2D eigenvalue weighted by atomic mass is 35.5. The molecule has 0 radical (unpaired) electrons. The molecule has 0 spiro atoms. The molecular formula is C13H19ClN2OSi. The normalized spacial score (nSPS) is 12.3. The maximum Gasteiger partial charge on any atom is 0.288 e. The second-order valence-electron chi connectivity index (χ2n) is 5.77. The lowest BCUT2D eigenvalue weighted by molar-refractivity contribution is 0.272. The second kappa shape index (κ2) is 5.39. The molecular weight excluding hydrogens is 264 g/mol. The molecule has 0 unspecified atom stereocenters. The van der Waals surface area contributed by atoms with Crippen LogP contribution in [0, 0.1) is 6.57 Å². The van der Waals surface area contributed by atoms with Gasteiger partial charge in [-0.3, -0.25) is 0 Å². The summed E-state index contributed by atoms with van der Waals surface area (Å²) >= 11 is 5.85. The van der Waals surface area contributed by atoms with Crippen LogP contribution in [0.1, 0.15) is 26.5 Å². The van der Waals surface area contributed by atoms with Gasteiger partial charge in [-0.15, -0.1) is 4.98 Å². The minimum absolute atomic E-state index is 0.169. The van der Waals surface area contributed by atoms with Crippen molar-refractivity contribution in [3.63, 3.8) is 0 Å². The Kier molecular flexibility index (Phi) is 4.54. The zero-order valence-corrected chi connectivity index (χ0v) is 13.3. The maximum absolute atomic E-state index is 6.98. The van der Waals surface area contributed by atoms with Crippen LogP contribution in [0.15, 0.2) is 12.1 Å². The summed E-state index contributed by atoms with van der Waals surface area (Å²) in [6.07, 6.45) is 0. The zero-order valence-electron chi connectivity index (χ0n) is 11.5. The Hall–Kier alpha value is -0.893. The Labute approximate surface area is 115 Å². The highest BCUT2D eigenvalue weighted by molar-refractivity contribution is 6.74. The third-order valence-electron chi connectivity index (χ3n) is 3.38. The van der Waals surface area contributed by atoms with Crippen LogP contribution in [-0.2, 0) is 11.0 Å². The van der Waals surface area contributed by atoms with Gasteiger partial charge < -0.3 is 9.27 Å². The average Bonchev–Trinajstić information content (AvgIpc) is 2.26. The number of halogens is 1. The van der Waals surface area contributed by atoms with E-state index in [9.17, 15) is 0 Å². The zero-order chi connectivity index (χ0) is 14.0. The molecule has 18 heavy (non-hydrogen) atoms. The molecule has 1 heterocycles. The summed E-state index contributed by atoms with van der Waals surface area (Å²) in [5.41, 5.74) is 0.759. The van der Waals surface area contributed by atoms with E-state index in [0.717, 1.165) is 5.69 Å². The summed E-state index contributed by atoms with van der Waals surface area (Å²) in [7, 11) is -1.78. The van der Waals surface area contributed by atoms with Crippen LogP contribution >= 0.6 is 11.6 Å². The number of nitrogens with zero attached hydrogens (tertiary/aromatic N) is 2. The van der Waals surface area contributed by atoms with Gasteiger partial charge in [-0.25, -0.2) is 0 Å². The Balaban J connectivity index is 2.79. The van der Waals surface area contributed by atoms with E-state index in [2.05, 4.69) is 43.7 Å². The molecule has 0 aromatic carbocycles. The minimum atomic E-state index is -1.78. The second-order valence-corrected chi connectivity index (χ2v) is 11.0. The van der Waals surface area contributed by atoms with Crippen molar-refractivity contribution in [1.29, 1.82) is 0 Å². The molecule has 0 saturated heterocycles. The predicted molar refractivity (Wildman–Crippen MR) is 77.5 cm³/mol. The van der Waals surface area contributed by atoms with Gasteiger partial charge in [0.25, 0.3) is 5.82 Å². The Bertz CT molecular complexity index is 475. The molecule has 0 aliphatic rings. The summed E-state index contributed by atoms with van der Waals surface area (Å²) in [6, 6.07) is 3.51. The molecule has 1 rings (SSSR count). The fourth-order valence-electron chi connectivity index (χ4n) is 1.10. The van der Waals surface area contributed by atoms with Crippen molar-refractivity contribution in [1.82, 2.24) is 4.98 Å². The van der Waals surface area contributed by atoms with Crippen LogP contribution in [0.5, 0.6) is 0 Å². The first-order valence-electron chi connectivity index (χ1n) is 5.84. The third kappa shape index (κ3) is 3.55. The number of rotatable bonds is 3. The fourth-order valence-corrected chi connectivity index (χ4v) is 2.19. The highest BCUT2D eigenvalue weighted by Crippen LogP contribution is 2.37. The van der Waals surface area contributed by atoms with E-state index in [4.69, 9.17) is 22.6 Å². The van der Waals surface area contributed by atoms with Gasteiger partial charge in [0.2, 0.25) is 0 Å². The maximum atomic E-state index is 6.98. The quantitative estimate of drug-likeness (QED) is 0.588. The van der Waals surface area contributed by atoms with E-state index in [-0.39, 0.29) is 10.9 Å². The summed E-state index contributed by atoms with van der Waals surface area (Å²) in [5, 5.41) is 0.559. The van der Waals surface area contributed by atoms with Gasteiger partial charge in [0.05, 0.1) is 11.6 Å². The molecule has 1 aromatic heterocycles. The van der Waals surface area contributed by atoms with Crippen molar-refractivity contribution in [3.05, 3.63) is 34.3 Å². The first kappa shape index (κ1) is 15.2. The number of hydrogen-bond acceptors (Lipinski definition) is 2. The van der Waals surface area contributed by atoms with Crippen LogP contribution in [0.2, 0.25) is 23.2 Å². The van der Waals surface area contributed by atoms with Crippen molar-refractivity contribution in [2.24, 2.45) is 0 Å². The van der Waals surface area contributed by atoms with Crippen LogP contribution in [0.4, 0.5) is 5.82 Å². The van der Waals surface area contributed by atoms with Crippen molar-refractivity contribution in [3.8, 4) is 0 Å². The molecule has 0 aliphatic carbocycles. The summed E-state index contributed by atoms with van der Waals surface area (Å²) in [4.78, 5) is 7.47. The molecule has 0 N–H and O–H groups in total. The van der Waals surface area contributed by atoms with Crippen molar-refractivity contribution >= 4 is 25.7 Å². The number of aromatic nitrogens is 1. The van der Waals surface area contributed by atoms with Crippen LogP contribution in [-0.4, -0.2) is 13.3 Å². The van der Waals surface area contributed by atoms with E-state index in [1.807, 2.05) is 6.07 Å². The van der Waals surface area contributed by atoms with Crippen LogP contribution in [0.3, 0.4) is 0 Å². The molecule has 1 aromatic rings. The first-order valence-corrected chi connectivity index (χ1v) is 9.13. The fraction of sp³-hybridized carbons (Fsp3) is 0.538. The molecule has 0 saturated carbocycles. The SMILES string of the molecule is [C-]#[N+]c1nc(CO[Si](C)(C)C(C)(C)C)ccc1Cl. The highest BCUT2D eigenvalue weighted by Gasteiger charge is 2.37. The number of pyridine rings is 1. The van der Waals surface area contributed by atoms with E-state index < -0.39 is 8.32 Å². The summed E-state index contributed by atoms with van der Waals surface area (Å²) in [5.74, 6) is 0.244. The molecule has 0 aliphatic heterocycles. The molecule has 0 bridgehead atoms. The topological polar surface area (TPSA) is 26.5 Å². The van der Waals surface area contributed by atoms with Gasteiger partial charge in [0, 0.05) is 0 Å². The Morgan fingerprint density at radius 3 is 2.50 bits per heavy atom. The van der Waals surface area contributed by atoms with E-state index >= 15 is 0 Å². The minimum Gasteiger partial charge on any atom is -0.409 e. The van der Waals surface area contributed by atoms with E-state index in [1.54, 1.807) is 6.07 Å². The largest absolute Gasteiger partial charge is 0.409 e. The van der Waals surface area contributed by atoms with Crippen molar-refractivity contribution < 1.29 is 4.43 Å². The predicted octanol–water partition coefficient (Wildman–Crippen LogP) is 4.81. The molecule has 3 nitrogen and oxygen atoms in total. The van der Waals surface area contributed by atoms with Gasteiger partial charge in [-0.05, 0) is 30.3 Å². The lowest BCUT2D eigenvalue weighted by atomic mass is 10.2. The first-order chi connectivity index (χ1) is 8.17. The molecule has 0 amide bonds. The summed E-state index contributed by atoms with van der Waals surface area (Å²) in [6.45, 7) is 18.4. The molecule has 0 fully saturated rings. The molecule has 5 heteroatoms. The van der Waals surface area contributed by atoms with Gasteiger partial charge in [-0.2, -0.15) is 0 Å². The lowest BCUT2D eigenvalue weighted by Gasteiger charge is -2.35. The van der Waals surface area contributed by atoms with Gasteiger partial charge in [0.15, 0.2) is 14.0 Å². The van der Waals surface area contributed by atoms with E-state index in [0.29, 0.717) is 11.6 Å². The molecule has 0 atom stereocenters. The average molecular weight is 283 g/mol.